The molecule has 0 radical (unpaired) electrons. The molecular formula is C15H23N3O. The maximum atomic E-state index is 12.5. The summed E-state index contributed by atoms with van der Waals surface area (Å²) >= 11 is 0. The Morgan fingerprint density at radius 2 is 2.16 bits per heavy atom. The third kappa shape index (κ3) is 2.40. The summed E-state index contributed by atoms with van der Waals surface area (Å²) in [7, 11) is 0. The van der Waals surface area contributed by atoms with Gasteiger partial charge >= 0.3 is 0 Å². The van der Waals surface area contributed by atoms with E-state index in [0.717, 1.165) is 18.5 Å². The lowest BCUT2D eigenvalue weighted by molar-refractivity contribution is -0.124. The van der Waals surface area contributed by atoms with Crippen LogP contribution in [0.4, 0.5) is 0 Å². The zero-order valence-electron chi connectivity index (χ0n) is 11.6. The molecule has 4 nitrogen and oxygen atoms in total. The molecule has 0 spiro atoms. The number of hydrogen-bond acceptors (Lipinski definition) is 2. The first-order chi connectivity index (χ1) is 9.22. The molecule has 2 N–H and O–H groups in total. The van der Waals surface area contributed by atoms with Crippen LogP contribution in [0.15, 0.2) is 12.5 Å². The van der Waals surface area contributed by atoms with Gasteiger partial charge in [-0.05, 0) is 38.5 Å². The van der Waals surface area contributed by atoms with Crippen LogP contribution in [0.1, 0.15) is 57.6 Å². The highest BCUT2D eigenvalue weighted by Gasteiger charge is 2.52. The fourth-order valence-corrected chi connectivity index (χ4v) is 3.36. The average Bonchev–Trinajstić information content (AvgIpc) is 3.07. The fourth-order valence-electron chi connectivity index (χ4n) is 3.36. The van der Waals surface area contributed by atoms with E-state index < -0.39 is 0 Å². The van der Waals surface area contributed by atoms with E-state index in [2.05, 4.69) is 22.2 Å². The van der Waals surface area contributed by atoms with Crippen molar-refractivity contribution < 1.29 is 4.79 Å². The zero-order valence-corrected chi connectivity index (χ0v) is 11.6. The number of aromatic amines is 1. The molecule has 1 atom stereocenters. The van der Waals surface area contributed by atoms with Crippen LogP contribution in [0.2, 0.25) is 0 Å². The highest BCUT2D eigenvalue weighted by Crippen LogP contribution is 2.47. The lowest BCUT2D eigenvalue weighted by Gasteiger charge is -2.29. The molecule has 0 unspecified atom stereocenters. The van der Waals surface area contributed by atoms with E-state index in [1.807, 2.05) is 0 Å². The molecule has 0 saturated heterocycles. The predicted molar refractivity (Wildman–Crippen MR) is 73.7 cm³/mol. The fraction of sp³-hybridized carbons (Fsp3) is 0.733. The second-order valence-corrected chi connectivity index (χ2v) is 6.21. The van der Waals surface area contributed by atoms with Crippen LogP contribution >= 0.6 is 0 Å². The van der Waals surface area contributed by atoms with Crippen LogP contribution in [0.25, 0.3) is 0 Å². The number of carbonyl (C=O) groups is 1. The Morgan fingerprint density at radius 3 is 2.74 bits per heavy atom. The van der Waals surface area contributed by atoms with Crippen molar-refractivity contribution in [1.29, 1.82) is 0 Å². The first-order valence-electron chi connectivity index (χ1n) is 7.52. The van der Waals surface area contributed by atoms with Gasteiger partial charge in [0, 0.05) is 12.2 Å². The van der Waals surface area contributed by atoms with Crippen molar-refractivity contribution in [3.05, 3.63) is 18.2 Å². The molecule has 2 saturated carbocycles. The van der Waals surface area contributed by atoms with Crippen LogP contribution in [-0.4, -0.2) is 21.9 Å². The Kier molecular flexibility index (Phi) is 3.33. The Hall–Kier alpha value is -1.32. The van der Waals surface area contributed by atoms with Crippen molar-refractivity contribution in [1.82, 2.24) is 15.3 Å². The molecule has 2 fully saturated rings. The number of hydrogen-bond donors (Lipinski definition) is 2. The summed E-state index contributed by atoms with van der Waals surface area (Å²) in [5, 5.41) is 3.25. The maximum absolute atomic E-state index is 12.5. The van der Waals surface area contributed by atoms with E-state index in [-0.39, 0.29) is 11.3 Å². The minimum atomic E-state index is -0.306. The van der Waals surface area contributed by atoms with Gasteiger partial charge in [0.25, 0.3) is 0 Å². The van der Waals surface area contributed by atoms with Crippen LogP contribution < -0.4 is 5.32 Å². The summed E-state index contributed by atoms with van der Waals surface area (Å²) in [6.45, 7) is 2.16. The number of rotatable bonds is 4. The molecule has 19 heavy (non-hydrogen) atoms. The highest BCUT2D eigenvalue weighted by atomic mass is 16.2. The molecule has 1 amide bonds. The molecule has 1 heterocycles. The highest BCUT2D eigenvalue weighted by molar-refractivity contribution is 5.90. The smallest absolute Gasteiger partial charge is 0.232 e. The van der Waals surface area contributed by atoms with Gasteiger partial charge in [0.05, 0.1) is 17.4 Å². The molecule has 0 aromatic carbocycles. The summed E-state index contributed by atoms with van der Waals surface area (Å²) in [5.41, 5.74) is 0.667. The molecule has 0 aliphatic heterocycles. The van der Waals surface area contributed by atoms with Crippen molar-refractivity contribution in [2.45, 2.75) is 63.3 Å². The first-order valence-corrected chi connectivity index (χ1v) is 7.52. The third-order valence-corrected chi connectivity index (χ3v) is 4.91. The molecule has 2 aliphatic rings. The lowest BCUT2D eigenvalue weighted by atomic mass is 9.84. The second kappa shape index (κ2) is 4.99. The molecule has 1 aromatic rings. The number of aromatic nitrogens is 2. The van der Waals surface area contributed by atoms with Gasteiger partial charge < -0.3 is 10.3 Å². The largest absolute Gasteiger partial charge is 0.353 e. The summed E-state index contributed by atoms with van der Waals surface area (Å²) in [4.78, 5) is 19.7. The zero-order chi connectivity index (χ0) is 13.3. The van der Waals surface area contributed by atoms with Gasteiger partial charge in [-0.3, -0.25) is 4.79 Å². The molecule has 104 valence electrons. The van der Waals surface area contributed by atoms with Crippen LogP contribution in [0.3, 0.4) is 0 Å². The minimum absolute atomic E-state index is 0.190. The topological polar surface area (TPSA) is 57.8 Å². The number of imidazole rings is 1. The molecular weight excluding hydrogens is 238 g/mol. The van der Waals surface area contributed by atoms with Gasteiger partial charge in [0.2, 0.25) is 5.91 Å². The normalized spacial score (nSPS) is 23.8. The molecule has 3 rings (SSSR count). The van der Waals surface area contributed by atoms with E-state index in [4.69, 9.17) is 0 Å². The van der Waals surface area contributed by atoms with Crippen LogP contribution in [0, 0.1) is 5.92 Å². The summed E-state index contributed by atoms with van der Waals surface area (Å²) in [6, 6.07) is 0.299. The molecule has 4 heteroatoms. The average molecular weight is 261 g/mol. The summed E-state index contributed by atoms with van der Waals surface area (Å²) < 4.78 is 0. The van der Waals surface area contributed by atoms with E-state index in [1.165, 1.54) is 32.1 Å². The van der Waals surface area contributed by atoms with Gasteiger partial charge in [0.1, 0.15) is 0 Å². The van der Waals surface area contributed by atoms with Gasteiger partial charge in [-0.25, -0.2) is 4.98 Å². The molecule has 2 aliphatic carbocycles. The van der Waals surface area contributed by atoms with E-state index in [9.17, 15) is 4.79 Å². The van der Waals surface area contributed by atoms with Gasteiger partial charge in [-0.15, -0.1) is 0 Å². The molecule has 1 aromatic heterocycles. The molecule has 0 bridgehead atoms. The number of carbonyl (C=O) groups excluding carboxylic acids is 1. The first kappa shape index (κ1) is 12.7. The number of amides is 1. The quantitative estimate of drug-likeness (QED) is 0.875. The monoisotopic (exact) mass is 261 g/mol. The van der Waals surface area contributed by atoms with E-state index in [0.29, 0.717) is 12.0 Å². The summed E-state index contributed by atoms with van der Waals surface area (Å²) in [6.07, 6.45) is 11.8. The van der Waals surface area contributed by atoms with E-state index in [1.54, 1.807) is 12.5 Å². The Labute approximate surface area is 114 Å². The SMILES string of the molecule is C[C@H](NC(=O)C1(c2cnc[nH]2)CC1)C1CCCCC1. The number of H-pyrrole nitrogens is 1. The van der Waals surface area contributed by atoms with Crippen molar-refractivity contribution in [3.8, 4) is 0 Å². The second-order valence-electron chi connectivity index (χ2n) is 6.21. The maximum Gasteiger partial charge on any atom is 0.232 e. The number of nitrogens with one attached hydrogen (secondary N) is 2. The van der Waals surface area contributed by atoms with Crippen molar-refractivity contribution >= 4 is 5.91 Å². The lowest BCUT2D eigenvalue weighted by Crippen LogP contribution is -2.44. The van der Waals surface area contributed by atoms with Gasteiger partial charge in [0.15, 0.2) is 0 Å². The Bertz CT molecular complexity index is 430. The van der Waals surface area contributed by atoms with Gasteiger partial charge in [-0.2, -0.15) is 0 Å². The predicted octanol–water partition coefficient (Wildman–Crippen LogP) is 2.53. The summed E-state index contributed by atoms with van der Waals surface area (Å²) in [5.74, 6) is 0.852. The van der Waals surface area contributed by atoms with Crippen molar-refractivity contribution in [2.24, 2.45) is 5.92 Å². The van der Waals surface area contributed by atoms with Crippen LogP contribution in [0.5, 0.6) is 0 Å². The minimum Gasteiger partial charge on any atom is -0.353 e. The standard InChI is InChI=1S/C15H23N3O/c1-11(12-5-3-2-4-6-12)18-14(19)15(7-8-15)13-9-16-10-17-13/h9-12H,2-8H2,1H3,(H,16,17)(H,18,19)/t11-/m0/s1. The Morgan fingerprint density at radius 1 is 1.42 bits per heavy atom. The van der Waals surface area contributed by atoms with Crippen molar-refractivity contribution in [3.63, 3.8) is 0 Å². The van der Waals surface area contributed by atoms with Gasteiger partial charge in [-0.1, -0.05) is 19.3 Å². The number of nitrogens with zero attached hydrogens (tertiary/aromatic N) is 1. The van der Waals surface area contributed by atoms with Crippen molar-refractivity contribution in [2.75, 3.05) is 0 Å². The Balaban J connectivity index is 1.62. The van der Waals surface area contributed by atoms with E-state index >= 15 is 0 Å². The third-order valence-electron chi connectivity index (χ3n) is 4.91. The van der Waals surface area contributed by atoms with Crippen LogP contribution in [-0.2, 0) is 10.2 Å².